The van der Waals surface area contributed by atoms with Crippen molar-refractivity contribution < 1.29 is 27.1 Å². The minimum Gasteiger partial charge on any atom is -0.368 e. The zero-order valence-corrected chi connectivity index (χ0v) is 18.8. The van der Waals surface area contributed by atoms with Gasteiger partial charge in [0.2, 0.25) is 15.9 Å². The van der Waals surface area contributed by atoms with Crippen LogP contribution in [0.15, 0.2) is 29.2 Å². The lowest BCUT2D eigenvalue weighted by molar-refractivity contribution is -0.143. The van der Waals surface area contributed by atoms with Crippen molar-refractivity contribution in [3.8, 4) is 0 Å². The Hall–Kier alpha value is -2.08. The van der Waals surface area contributed by atoms with Gasteiger partial charge in [-0.25, -0.2) is 12.8 Å². The van der Waals surface area contributed by atoms with Crippen molar-refractivity contribution in [1.82, 2.24) is 19.0 Å². The van der Waals surface area contributed by atoms with E-state index in [0.717, 1.165) is 18.9 Å². The molecule has 11 heteroatoms. The van der Waals surface area contributed by atoms with Gasteiger partial charge in [-0.05, 0) is 31.0 Å². The van der Waals surface area contributed by atoms with Crippen LogP contribution in [0.3, 0.4) is 0 Å². The first-order valence-corrected chi connectivity index (χ1v) is 12.4. The van der Waals surface area contributed by atoms with E-state index >= 15 is 0 Å². The summed E-state index contributed by atoms with van der Waals surface area (Å²) in [6.45, 7) is 4.23. The normalized spacial score (nSPS) is 23.5. The molecule has 176 valence electrons. The third-order valence-electron chi connectivity index (χ3n) is 6.27. The molecule has 4 rings (SSSR count). The molecule has 0 spiro atoms. The second-order valence-corrected chi connectivity index (χ2v) is 10.3. The van der Waals surface area contributed by atoms with Crippen LogP contribution >= 0.6 is 0 Å². The molecule has 1 aromatic carbocycles. The van der Waals surface area contributed by atoms with Crippen LogP contribution in [-0.4, -0.2) is 111 Å². The van der Waals surface area contributed by atoms with Crippen molar-refractivity contribution in [1.29, 1.82) is 0 Å². The van der Waals surface area contributed by atoms with Gasteiger partial charge in [0.25, 0.3) is 5.91 Å². The topological polar surface area (TPSA) is 90.5 Å². The van der Waals surface area contributed by atoms with E-state index in [1.165, 1.54) is 22.5 Å². The fraction of sp³-hybridized carbons (Fsp3) is 0.619. The lowest BCUT2D eigenvalue weighted by Gasteiger charge is -2.38. The van der Waals surface area contributed by atoms with E-state index < -0.39 is 15.8 Å². The van der Waals surface area contributed by atoms with Crippen LogP contribution in [0.2, 0.25) is 0 Å². The molecular formula is C21H29FN4O5S. The maximum absolute atomic E-state index is 13.4. The number of rotatable bonds is 5. The Kier molecular flexibility index (Phi) is 7.08. The molecule has 1 unspecified atom stereocenters. The van der Waals surface area contributed by atoms with E-state index in [-0.39, 0.29) is 42.4 Å². The monoisotopic (exact) mass is 468 g/mol. The van der Waals surface area contributed by atoms with Crippen molar-refractivity contribution in [2.45, 2.75) is 23.8 Å². The number of carbonyl (C=O) groups is 2. The summed E-state index contributed by atoms with van der Waals surface area (Å²) >= 11 is 0. The van der Waals surface area contributed by atoms with E-state index in [2.05, 4.69) is 0 Å². The average molecular weight is 469 g/mol. The van der Waals surface area contributed by atoms with Crippen LogP contribution in [-0.2, 0) is 24.3 Å². The number of amides is 2. The van der Waals surface area contributed by atoms with E-state index in [1.54, 1.807) is 4.90 Å². The molecular weight excluding hydrogens is 439 g/mol. The highest BCUT2D eigenvalue weighted by atomic mass is 32.2. The minimum atomic E-state index is -3.79. The van der Waals surface area contributed by atoms with Gasteiger partial charge in [-0.3, -0.25) is 14.5 Å². The SMILES string of the molecule is O=C(CN1CCN(C(=O)C2CCCO2)CC1)N1CCN(S(=O)(=O)c2cccc(F)c2)CC1. The molecule has 0 aliphatic carbocycles. The quantitative estimate of drug-likeness (QED) is 0.604. The molecule has 3 saturated heterocycles. The van der Waals surface area contributed by atoms with Crippen LogP contribution in [0.25, 0.3) is 0 Å². The molecule has 2 amide bonds. The minimum absolute atomic E-state index is 0.0455. The smallest absolute Gasteiger partial charge is 0.251 e. The Morgan fingerprint density at radius 3 is 2.31 bits per heavy atom. The molecule has 1 aromatic rings. The van der Waals surface area contributed by atoms with Gasteiger partial charge in [-0.15, -0.1) is 0 Å². The summed E-state index contributed by atoms with van der Waals surface area (Å²) in [6, 6.07) is 4.96. The maximum Gasteiger partial charge on any atom is 0.251 e. The molecule has 32 heavy (non-hydrogen) atoms. The third kappa shape index (κ3) is 5.11. The number of hydrogen-bond acceptors (Lipinski definition) is 6. The lowest BCUT2D eigenvalue weighted by Crippen LogP contribution is -2.55. The Morgan fingerprint density at radius 2 is 1.69 bits per heavy atom. The number of benzene rings is 1. The first-order chi connectivity index (χ1) is 15.3. The second kappa shape index (κ2) is 9.82. The van der Waals surface area contributed by atoms with Gasteiger partial charge in [0.15, 0.2) is 0 Å². The van der Waals surface area contributed by atoms with Gasteiger partial charge >= 0.3 is 0 Å². The van der Waals surface area contributed by atoms with Gasteiger partial charge in [0.05, 0.1) is 11.4 Å². The molecule has 0 bridgehead atoms. The first-order valence-electron chi connectivity index (χ1n) is 11.0. The summed E-state index contributed by atoms with van der Waals surface area (Å²) in [5, 5.41) is 0. The molecule has 0 aromatic heterocycles. The van der Waals surface area contributed by atoms with E-state index in [4.69, 9.17) is 4.74 Å². The van der Waals surface area contributed by atoms with Crippen LogP contribution in [0.1, 0.15) is 12.8 Å². The molecule has 1 atom stereocenters. The van der Waals surface area contributed by atoms with Crippen LogP contribution in [0.5, 0.6) is 0 Å². The number of halogens is 1. The van der Waals surface area contributed by atoms with Gasteiger partial charge in [0, 0.05) is 59.0 Å². The van der Waals surface area contributed by atoms with Crippen molar-refractivity contribution >= 4 is 21.8 Å². The zero-order valence-electron chi connectivity index (χ0n) is 18.0. The standard InChI is InChI=1S/C21H29FN4O5S/c22-17-3-1-4-18(15-17)32(29,30)26-12-10-24(11-13-26)20(27)16-23-6-8-25(9-7-23)21(28)19-5-2-14-31-19/h1,3-4,15,19H,2,5-14,16H2. The van der Waals surface area contributed by atoms with Gasteiger partial charge in [-0.2, -0.15) is 4.31 Å². The number of hydrogen-bond donors (Lipinski definition) is 0. The van der Waals surface area contributed by atoms with Crippen LogP contribution in [0.4, 0.5) is 4.39 Å². The Balaban J connectivity index is 1.23. The number of ether oxygens (including phenoxy) is 1. The zero-order chi connectivity index (χ0) is 22.7. The highest BCUT2D eigenvalue weighted by molar-refractivity contribution is 7.89. The summed E-state index contributed by atoms with van der Waals surface area (Å²) in [5.41, 5.74) is 0. The maximum atomic E-state index is 13.4. The predicted molar refractivity (Wildman–Crippen MR) is 114 cm³/mol. The van der Waals surface area contributed by atoms with Gasteiger partial charge < -0.3 is 14.5 Å². The number of sulfonamides is 1. The Bertz CT molecular complexity index is 937. The molecule has 0 saturated carbocycles. The first kappa shape index (κ1) is 23.1. The largest absolute Gasteiger partial charge is 0.368 e. The lowest BCUT2D eigenvalue weighted by atomic mass is 10.2. The fourth-order valence-electron chi connectivity index (χ4n) is 4.35. The summed E-state index contributed by atoms with van der Waals surface area (Å²) in [5.74, 6) is -0.603. The Labute approximate surface area is 187 Å². The number of piperazine rings is 2. The summed E-state index contributed by atoms with van der Waals surface area (Å²) < 4.78 is 45.6. The average Bonchev–Trinajstić information content (AvgIpc) is 3.34. The molecule has 3 heterocycles. The molecule has 0 N–H and O–H groups in total. The highest BCUT2D eigenvalue weighted by Crippen LogP contribution is 2.19. The summed E-state index contributed by atoms with van der Waals surface area (Å²) in [7, 11) is -3.79. The van der Waals surface area contributed by atoms with E-state index in [0.29, 0.717) is 45.9 Å². The van der Waals surface area contributed by atoms with Crippen molar-refractivity contribution in [3.63, 3.8) is 0 Å². The second-order valence-electron chi connectivity index (χ2n) is 8.35. The van der Waals surface area contributed by atoms with E-state index in [1.807, 2.05) is 9.80 Å². The fourth-order valence-corrected chi connectivity index (χ4v) is 5.80. The highest BCUT2D eigenvalue weighted by Gasteiger charge is 2.33. The number of carbonyl (C=O) groups excluding carboxylic acids is 2. The van der Waals surface area contributed by atoms with Crippen LogP contribution in [0, 0.1) is 5.82 Å². The van der Waals surface area contributed by atoms with E-state index in [9.17, 15) is 22.4 Å². The predicted octanol–water partition coefficient (Wildman–Crippen LogP) is -0.0182. The van der Waals surface area contributed by atoms with Crippen molar-refractivity contribution in [3.05, 3.63) is 30.1 Å². The summed E-state index contributed by atoms with van der Waals surface area (Å²) in [4.78, 5) is 30.6. The molecule has 3 aliphatic rings. The van der Waals surface area contributed by atoms with Gasteiger partial charge in [-0.1, -0.05) is 6.07 Å². The summed E-state index contributed by atoms with van der Waals surface area (Å²) in [6.07, 6.45) is 1.38. The van der Waals surface area contributed by atoms with Gasteiger partial charge in [0.1, 0.15) is 11.9 Å². The van der Waals surface area contributed by atoms with Crippen molar-refractivity contribution in [2.75, 3.05) is 65.5 Å². The van der Waals surface area contributed by atoms with Crippen molar-refractivity contribution in [2.24, 2.45) is 0 Å². The number of nitrogens with zero attached hydrogens (tertiary/aromatic N) is 4. The molecule has 3 fully saturated rings. The molecule has 9 nitrogen and oxygen atoms in total. The third-order valence-corrected chi connectivity index (χ3v) is 8.17. The Morgan fingerprint density at radius 1 is 1.00 bits per heavy atom. The van der Waals surface area contributed by atoms with Crippen LogP contribution < -0.4 is 0 Å². The molecule has 3 aliphatic heterocycles. The molecule has 0 radical (unpaired) electrons.